The monoisotopic (exact) mass is 265 g/mol. The zero-order valence-corrected chi connectivity index (χ0v) is 11.0. The van der Waals surface area contributed by atoms with Crippen LogP contribution < -0.4 is 5.32 Å². The first-order chi connectivity index (χ1) is 8.75. The number of hydrogen-bond acceptors (Lipinski definition) is 2. The summed E-state index contributed by atoms with van der Waals surface area (Å²) in [6.07, 6.45) is 0. The summed E-state index contributed by atoms with van der Waals surface area (Å²) < 4.78 is 13.6. The molecule has 0 unspecified atom stereocenters. The Morgan fingerprint density at radius 1 is 1.32 bits per heavy atom. The van der Waals surface area contributed by atoms with Gasteiger partial charge in [0.2, 0.25) is 5.91 Å². The molecule has 1 aromatic rings. The van der Waals surface area contributed by atoms with E-state index in [0.29, 0.717) is 0 Å². The molecule has 2 rings (SSSR count). The first-order valence-corrected chi connectivity index (χ1v) is 6.05. The second kappa shape index (κ2) is 4.33. The maximum absolute atomic E-state index is 13.6. The number of hydrogen-bond donors (Lipinski definition) is 2. The Hall–Kier alpha value is -1.91. The maximum Gasteiger partial charge on any atom is 0.307 e. The van der Waals surface area contributed by atoms with E-state index < -0.39 is 34.9 Å². The first-order valence-electron chi connectivity index (χ1n) is 6.05. The highest BCUT2D eigenvalue weighted by Crippen LogP contribution is 2.58. The predicted octanol–water partition coefficient (Wildman–Crippen LogP) is 2.43. The van der Waals surface area contributed by atoms with Crippen molar-refractivity contribution in [1.82, 2.24) is 0 Å². The topological polar surface area (TPSA) is 66.4 Å². The van der Waals surface area contributed by atoms with E-state index in [2.05, 4.69) is 5.32 Å². The minimum absolute atomic E-state index is 0.0856. The van der Waals surface area contributed by atoms with Crippen LogP contribution >= 0.6 is 0 Å². The summed E-state index contributed by atoms with van der Waals surface area (Å²) in [5.74, 6) is -3.28. The highest BCUT2D eigenvalue weighted by atomic mass is 19.1. The Morgan fingerprint density at radius 2 is 1.95 bits per heavy atom. The molecule has 1 fully saturated rings. The summed E-state index contributed by atoms with van der Waals surface area (Å²) in [7, 11) is 0. The van der Waals surface area contributed by atoms with Gasteiger partial charge in [-0.05, 0) is 30.0 Å². The fourth-order valence-electron chi connectivity index (χ4n) is 2.52. The molecule has 4 nitrogen and oxygen atoms in total. The number of halogens is 1. The van der Waals surface area contributed by atoms with E-state index >= 15 is 0 Å². The Kier molecular flexibility index (Phi) is 3.08. The van der Waals surface area contributed by atoms with Gasteiger partial charge in [-0.2, -0.15) is 0 Å². The van der Waals surface area contributed by atoms with E-state index in [0.717, 1.165) is 5.56 Å². The van der Waals surface area contributed by atoms with Crippen LogP contribution in [0.15, 0.2) is 18.2 Å². The molecule has 1 aliphatic rings. The van der Waals surface area contributed by atoms with Crippen LogP contribution in [0.5, 0.6) is 0 Å². The summed E-state index contributed by atoms with van der Waals surface area (Å²) >= 11 is 0. The summed E-state index contributed by atoms with van der Waals surface area (Å²) in [4.78, 5) is 23.0. The van der Waals surface area contributed by atoms with Crippen LogP contribution in [0.4, 0.5) is 10.1 Å². The van der Waals surface area contributed by atoms with Crippen molar-refractivity contribution in [3.63, 3.8) is 0 Å². The summed E-state index contributed by atoms with van der Waals surface area (Å²) in [6, 6.07) is 4.49. The number of carbonyl (C=O) groups excluding carboxylic acids is 1. The average molecular weight is 265 g/mol. The third-order valence-electron chi connectivity index (χ3n) is 3.76. The van der Waals surface area contributed by atoms with E-state index in [4.69, 9.17) is 5.11 Å². The molecule has 0 aliphatic heterocycles. The highest BCUT2D eigenvalue weighted by molar-refractivity contribution is 5.99. The Labute approximate surface area is 110 Å². The van der Waals surface area contributed by atoms with Crippen molar-refractivity contribution in [3.05, 3.63) is 29.6 Å². The second-order valence-electron chi connectivity index (χ2n) is 5.59. The lowest BCUT2D eigenvalue weighted by Gasteiger charge is -2.07. The molecule has 0 aromatic heterocycles. The largest absolute Gasteiger partial charge is 0.481 e. The zero-order valence-electron chi connectivity index (χ0n) is 11.0. The fourth-order valence-corrected chi connectivity index (χ4v) is 2.52. The smallest absolute Gasteiger partial charge is 0.307 e. The first kappa shape index (κ1) is 13.5. The third-order valence-corrected chi connectivity index (χ3v) is 3.76. The molecule has 0 spiro atoms. The predicted molar refractivity (Wildman–Crippen MR) is 68.2 cm³/mol. The zero-order chi connectivity index (χ0) is 14.4. The van der Waals surface area contributed by atoms with Crippen molar-refractivity contribution >= 4 is 17.6 Å². The molecule has 102 valence electrons. The molecule has 1 aliphatic carbocycles. The van der Waals surface area contributed by atoms with Crippen molar-refractivity contribution in [2.45, 2.75) is 20.8 Å². The lowest BCUT2D eigenvalue weighted by atomic mass is 10.1. The third kappa shape index (κ3) is 2.32. The highest BCUT2D eigenvalue weighted by Gasteiger charge is 2.65. The van der Waals surface area contributed by atoms with Gasteiger partial charge in [0.05, 0.1) is 17.5 Å². The number of carboxylic acid groups (broad SMARTS) is 1. The number of aliphatic carboxylic acids is 1. The van der Waals surface area contributed by atoms with Crippen LogP contribution in [-0.4, -0.2) is 17.0 Å². The number of benzene rings is 1. The van der Waals surface area contributed by atoms with Crippen molar-refractivity contribution in [2.24, 2.45) is 17.3 Å². The second-order valence-corrected chi connectivity index (χ2v) is 5.59. The van der Waals surface area contributed by atoms with Crippen molar-refractivity contribution in [2.75, 3.05) is 5.32 Å². The van der Waals surface area contributed by atoms with Gasteiger partial charge in [0, 0.05) is 0 Å². The van der Waals surface area contributed by atoms with Gasteiger partial charge >= 0.3 is 5.97 Å². The molecule has 0 radical (unpaired) electrons. The van der Waals surface area contributed by atoms with E-state index in [1.807, 2.05) is 0 Å². The van der Waals surface area contributed by atoms with Crippen LogP contribution in [0.2, 0.25) is 0 Å². The van der Waals surface area contributed by atoms with Gasteiger partial charge in [-0.15, -0.1) is 0 Å². The normalized spacial score (nSPS) is 23.8. The lowest BCUT2D eigenvalue weighted by Crippen LogP contribution is -2.18. The van der Waals surface area contributed by atoms with E-state index in [-0.39, 0.29) is 5.69 Å². The number of carbonyl (C=O) groups is 2. The van der Waals surface area contributed by atoms with Crippen LogP contribution in [0, 0.1) is 30.0 Å². The molecule has 5 heteroatoms. The van der Waals surface area contributed by atoms with Gasteiger partial charge in [-0.1, -0.05) is 19.9 Å². The van der Waals surface area contributed by atoms with Crippen LogP contribution in [0.25, 0.3) is 0 Å². The average Bonchev–Trinajstić information content (AvgIpc) is 2.86. The molecule has 1 amide bonds. The minimum atomic E-state index is -0.991. The van der Waals surface area contributed by atoms with E-state index in [1.165, 1.54) is 12.1 Å². The Bertz CT molecular complexity index is 554. The van der Waals surface area contributed by atoms with Crippen molar-refractivity contribution in [3.8, 4) is 0 Å². The number of carboxylic acids is 1. The Balaban J connectivity index is 2.13. The summed E-state index contributed by atoms with van der Waals surface area (Å²) in [5, 5.41) is 11.5. The standard InChI is InChI=1S/C14H16FNO3/c1-7-4-5-9(8(15)6-7)16-12(17)10-11(13(18)19)14(10,2)3/h4-6,10-11H,1-3H3,(H,16,17)(H,18,19)/t10-,11+/m1/s1. The fraction of sp³-hybridized carbons (Fsp3) is 0.429. The van der Waals surface area contributed by atoms with Gasteiger partial charge in [0.1, 0.15) is 5.82 Å². The van der Waals surface area contributed by atoms with Gasteiger partial charge < -0.3 is 10.4 Å². The molecule has 2 atom stereocenters. The minimum Gasteiger partial charge on any atom is -0.481 e. The van der Waals surface area contributed by atoms with Crippen molar-refractivity contribution in [1.29, 1.82) is 0 Å². The molecule has 1 saturated carbocycles. The molecule has 0 saturated heterocycles. The maximum atomic E-state index is 13.6. The number of rotatable bonds is 3. The molecule has 1 aromatic carbocycles. The molecule has 19 heavy (non-hydrogen) atoms. The number of amides is 1. The van der Waals surface area contributed by atoms with Gasteiger partial charge in [0.15, 0.2) is 0 Å². The molecule has 0 heterocycles. The van der Waals surface area contributed by atoms with E-state index in [9.17, 15) is 14.0 Å². The SMILES string of the molecule is Cc1ccc(NC(=O)[C@H]2[C@@H](C(=O)O)C2(C)C)c(F)c1. The Morgan fingerprint density at radius 3 is 2.42 bits per heavy atom. The summed E-state index contributed by atoms with van der Waals surface area (Å²) in [5.41, 5.74) is 0.255. The molecular formula is C14H16FNO3. The number of anilines is 1. The number of nitrogens with one attached hydrogen (secondary N) is 1. The van der Waals surface area contributed by atoms with Gasteiger partial charge in [-0.25, -0.2) is 4.39 Å². The molecule has 2 N–H and O–H groups in total. The number of aryl methyl sites for hydroxylation is 1. The van der Waals surface area contributed by atoms with Crippen molar-refractivity contribution < 1.29 is 19.1 Å². The van der Waals surface area contributed by atoms with Gasteiger partial charge in [-0.3, -0.25) is 9.59 Å². The van der Waals surface area contributed by atoms with Crippen LogP contribution in [0.1, 0.15) is 19.4 Å². The molecule has 0 bridgehead atoms. The lowest BCUT2D eigenvalue weighted by molar-refractivity contribution is -0.140. The summed E-state index contributed by atoms with van der Waals surface area (Å²) in [6.45, 7) is 5.20. The van der Waals surface area contributed by atoms with Crippen LogP contribution in [0.3, 0.4) is 0 Å². The van der Waals surface area contributed by atoms with E-state index in [1.54, 1.807) is 26.8 Å². The van der Waals surface area contributed by atoms with Gasteiger partial charge in [0.25, 0.3) is 0 Å². The van der Waals surface area contributed by atoms with Crippen LogP contribution in [-0.2, 0) is 9.59 Å². The molecular weight excluding hydrogens is 249 g/mol. The quantitative estimate of drug-likeness (QED) is 0.882.